The molecule has 0 bridgehead atoms. The van der Waals surface area contributed by atoms with E-state index in [-0.39, 0.29) is 5.91 Å². The van der Waals surface area contributed by atoms with Crippen LogP contribution in [-0.2, 0) is 4.79 Å². The first-order valence-electron chi connectivity index (χ1n) is 7.80. The minimum atomic E-state index is -0.667. The molecule has 7 nitrogen and oxygen atoms in total. The largest absolute Gasteiger partial charge is 0.494 e. The number of ether oxygens (including phenoxy) is 2. The summed E-state index contributed by atoms with van der Waals surface area (Å²) in [6.45, 7) is 5.72. The molecule has 0 aromatic heterocycles. The maximum atomic E-state index is 12.0. The van der Waals surface area contributed by atoms with Crippen LogP contribution < -0.4 is 25.6 Å². The monoisotopic (exact) mass is 354 g/mol. The van der Waals surface area contributed by atoms with E-state index in [1.165, 1.54) is 0 Å². The fourth-order valence-electron chi connectivity index (χ4n) is 1.70. The Kier molecular flexibility index (Phi) is 8.88. The van der Waals surface area contributed by atoms with E-state index in [0.717, 1.165) is 12.3 Å². The van der Waals surface area contributed by atoms with Gasteiger partial charge in [0.05, 0.1) is 6.61 Å². The first-order valence-corrected chi connectivity index (χ1v) is 8.21. The lowest BCUT2D eigenvalue weighted by atomic mass is 10.3. The minimum Gasteiger partial charge on any atom is -0.494 e. The molecule has 0 saturated carbocycles. The molecule has 0 unspecified atom stereocenters. The van der Waals surface area contributed by atoms with Crippen molar-refractivity contribution >= 4 is 23.2 Å². The van der Waals surface area contributed by atoms with Crippen molar-refractivity contribution in [3.05, 3.63) is 24.3 Å². The zero-order valence-electron chi connectivity index (χ0n) is 14.6. The van der Waals surface area contributed by atoms with Crippen LogP contribution in [0.1, 0.15) is 13.8 Å². The molecule has 8 heteroatoms. The normalized spacial score (nSPS) is 11.5. The predicted octanol–water partition coefficient (Wildman–Crippen LogP) is 0.910. The molecule has 1 amide bonds. The molecule has 1 rings (SSSR count). The standard InChI is InChI=1S/C16H26N4O3S/c1-5-22-13-6-8-14(9-7-13)23-12(2)15(21)18-19-16(24)17-10-11-20(3)4/h6-9,12H,5,10-11H2,1-4H3,(H,18,21)(H2,17,19,24)/t12-/m1/s1. The fraction of sp³-hybridized carbons (Fsp3) is 0.500. The third kappa shape index (κ3) is 7.98. The van der Waals surface area contributed by atoms with Crippen LogP contribution in [0.4, 0.5) is 0 Å². The van der Waals surface area contributed by atoms with Crippen molar-refractivity contribution in [2.75, 3.05) is 33.8 Å². The van der Waals surface area contributed by atoms with Crippen LogP contribution in [0.3, 0.4) is 0 Å². The number of hydrazine groups is 1. The van der Waals surface area contributed by atoms with Gasteiger partial charge >= 0.3 is 0 Å². The summed E-state index contributed by atoms with van der Waals surface area (Å²) in [6, 6.07) is 7.11. The number of amides is 1. The molecule has 134 valence electrons. The Morgan fingerprint density at radius 1 is 1.21 bits per heavy atom. The van der Waals surface area contributed by atoms with E-state index >= 15 is 0 Å². The van der Waals surface area contributed by atoms with E-state index in [4.69, 9.17) is 21.7 Å². The van der Waals surface area contributed by atoms with Crippen molar-refractivity contribution in [2.24, 2.45) is 0 Å². The van der Waals surface area contributed by atoms with E-state index in [1.54, 1.807) is 31.2 Å². The molecule has 24 heavy (non-hydrogen) atoms. The lowest BCUT2D eigenvalue weighted by Gasteiger charge is -2.17. The minimum absolute atomic E-state index is 0.319. The van der Waals surface area contributed by atoms with Gasteiger partial charge in [-0.15, -0.1) is 0 Å². The summed E-state index contributed by atoms with van der Waals surface area (Å²) < 4.78 is 10.9. The van der Waals surface area contributed by atoms with Crippen LogP contribution in [0, 0.1) is 0 Å². The summed E-state index contributed by atoms with van der Waals surface area (Å²) >= 11 is 5.07. The number of thiocarbonyl (C=S) groups is 1. The fourth-order valence-corrected chi connectivity index (χ4v) is 1.85. The van der Waals surface area contributed by atoms with E-state index < -0.39 is 6.10 Å². The predicted molar refractivity (Wildman–Crippen MR) is 98.1 cm³/mol. The van der Waals surface area contributed by atoms with Gasteiger partial charge in [-0.2, -0.15) is 0 Å². The highest BCUT2D eigenvalue weighted by molar-refractivity contribution is 7.80. The van der Waals surface area contributed by atoms with Crippen LogP contribution in [0.15, 0.2) is 24.3 Å². The first kappa shape index (κ1) is 20.0. The van der Waals surface area contributed by atoms with Gasteiger partial charge in [-0.1, -0.05) is 0 Å². The summed E-state index contributed by atoms with van der Waals surface area (Å²) in [5, 5.41) is 3.35. The number of carbonyl (C=O) groups excluding carboxylic acids is 1. The van der Waals surface area contributed by atoms with Crippen LogP contribution in [-0.4, -0.2) is 55.8 Å². The Morgan fingerprint density at radius 2 is 1.83 bits per heavy atom. The highest BCUT2D eigenvalue weighted by Gasteiger charge is 2.14. The number of benzene rings is 1. The zero-order valence-corrected chi connectivity index (χ0v) is 15.4. The second kappa shape index (κ2) is 10.7. The van der Waals surface area contributed by atoms with E-state index in [0.29, 0.717) is 24.0 Å². The number of nitrogens with zero attached hydrogens (tertiary/aromatic N) is 1. The zero-order chi connectivity index (χ0) is 17.9. The molecule has 0 aliphatic heterocycles. The smallest absolute Gasteiger partial charge is 0.279 e. The molecular weight excluding hydrogens is 328 g/mol. The van der Waals surface area contributed by atoms with Crippen molar-refractivity contribution in [1.82, 2.24) is 21.1 Å². The summed E-state index contributed by atoms with van der Waals surface area (Å²) in [6.07, 6.45) is -0.667. The SMILES string of the molecule is CCOc1ccc(O[C@H](C)C(=O)NNC(=S)NCCN(C)C)cc1. The quantitative estimate of drug-likeness (QED) is 0.473. The average molecular weight is 354 g/mol. The second-order valence-electron chi connectivity index (χ2n) is 5.34. The van der Waals surface area contributed by atoms with Gasteiger partial charge in [0.15, 0.2) is 11.2 Å². The molecule has 0 spiro atoms. The van der Waals surface area contributed by atoms with Gasteiger partial charge in [-0.25, -0.2) is 0 Å². The molecule has 0 heterocycles. The number of rotatable bonds is 8. The highest BCUT2D eigenvalue weighted by atomic mass is 32.1. The summed E-state index contributed by atoms with van der Waals surface area (Å²) in [7, 11) is 3.94. The molecule has 1 aromatic rings. The Hall–Kier alpha value is -2.06. The van der Waals surface area contributed by atoms with Gasteiger partial charge < -0.3 is 19.7 Å². The lowest BCUT2D eigenvalue weighted by Crippen LogP contribution is -2.51. The van der Waals surface area contributed by atoms with Gasteiger partial charge in [0.2, 0.25) is 0 Å². The highest BCUT2D eigenvalue weighted by Crippen LogP contribution is 2.18. The van der Waals surface area contributed by atoms with Crippen molar-refractivity contribution in [1.29, 1.82) is 0 Å². The van der Waals surface area contributed by atoms with Crippen molar-refractivity contribution < 1.29 is 14.3 Å². The molecule has 0 radical (unpaired) electrons. The summed E-state index contributed by atoms with van der Waals surface area (Å²) in [5.74, 6) is 1.03. The number of likely N-dealkylation sites (N-methyl/N-ethyl adjacent to an activating group) is 1. The molecule has 1 atom stereocenters. The third-order valence-corrected chi connectivity index (χ3v) is 3.21. The molecule has 0 fully saturated rings. The maximum Gasteiger partial charge on any atom is 0.279 e. The molecule has 3 N–H and O–H groups in total. The lowest BCUT2D eigenvalue weighted by molar-refractivity contribution is -0.127. The van der Waals surface area contributed by atoms with Crippen molar-refractivity contribution in [3.8, 4) is 11.5 Å². The molecule has 0 saturated heterocycles. The van der Waals surface area contributed by atoms with Crippen LogP contribution in [0.25, 0.3) is 0 Å². The van der Waals surface area contributed by atoms with E-state index in [9.17, 15) is 4.79 Å². The summed E-state index contributed by atoms with van der Waals surface area (Å²) in [5.41, 5.74) is 5.17. The molecule has 0 aliphatic carbocycles. The Labute approximate surface area is 148 Å². The van der Waals surface area contributed by atoms with Crippen LogP contribution in [0.5, 0.6) is 11.5 Å². The number of carbonyl (C=O) groups is 1. The summed E-state index contributed by atoms with van der Waals surface area (Å²) in [4.78, 5) is 14.0. The van der Waals surface area contributed by atoms with Crippen molar-refractivity contribution in [2.45, 2.75) is 20.0 Å². The van der Waals surface area contributed by atoms with E-state index in [1.807, 2.05) is 25.9 Å². The first-order chi connectivity index (χ1) is 11.4. The Morgan fingerprint density at radius 3 is 2.42 bits per heavy atom. The third-order valence-electron chi connectivity index (χ3n) is 2.96. The number of nitrogens with one attached hydrogen (secondary N) is 3. The van der Waals surface area contributed by atoms with Gasteiger partial charge in [-0.05, 0) is 64.4 Å². The van der Waals surface area contributed by atoms with Crippen LogP contribution >= 0.6 is 12.2 Å². The van der Waals surface area contributed by atoms with Crippen LogP contribution in [0.2, 0.25) is 0 Å². The number of hydrogen-bond acceptors (Lipinski definition) is 5. The maximum absolute atomic E-state index is 12.0. The molecule has 1 aromatic carbocycles. The Balaban J connectivity index is 2.32. The van der Waals surface area contributed by atoms with Gasteiger partial charge in [0.25, 0.3) is 5.91 Å². The topological polar surface area (TPSA) is 74.9 Å². The van der Waals surface area contributed by atoms with Gasteiger partial charge in [-0.3, -0.25) is 15.6 Å². The molecule has 0 aliphatic rings. The second-order valence-corrected chi connectivity index (χ2v) is 5.75. The average Bonchev–Trinajstić information content (AvgIpc) is 2.54. The molecular formula is C16H26N4O3S. The Bertz CT molecular complexity index is 523. The van der Waals surface area contributed by atoms with Gasteiger partial charge in [0, 0.05) is 13.1 Å². The van der Waals surface area contributed by atoms with Gasteiger partial charge in [0.1, 0.15) is 11.5 Å². The van der Waals surface area contributed by atoms with Crippen molar-refractivity contribution in [3.63, 3.8) is 0 Å². The number of hydrogen-bond donors (Lipinski definition) is 3. The van der Waals surface area contributed by atoms with E-state index in [2.05, 4.69) is 16.2 Å².